The third kappa shape index (κ3) is 53.2. The number of likely N-dealkylation sites (N-methyl/N-ethyl adjacent to an activating group) is 3. The van der Waals surface area contributed by atoms with Crippen LogP contribution in [0, 0.1) is 53.3 Å². The van der Waals surface area contributed by atoms with Gasteiger partial charge >= 0.3 is 0 Å². The molecule has 102 heavy (non-hydrogen) atoms. The standard InChI is InChI=1S/C75H179N9O9Si9/c1-63(37-76-10)54-94(19,20)85-49-72(90-99(29,30)57-66(4)40-79-13)46-82(16)43-69(7)60-97(25,26)88-52-75(93-102(35,36)62-71(9)45-84(18)48-74(92-101(33,34)59-68(6)42-81-15)51-87-96(23,24)56-65(3)39-78-12)53-89-98(27,28)61-70(8)44-83(17)47-73(91-100(31,32)58-67(5)41-80-14)50-86-95(21,22)55-64(2)38-77-11/h63-81H,37-62H2,1-36H3. The highest BCUT2D eigenvalue weighted by Gasteiger charge is 2.39. The van der Waals surface area contributed by atoms with Gasteiger partial charge in [0, 0.05) is 39.3 Å². The number of nitrogens with zero attached hydrogens (tertiary/aromatic N) is 3. The molecule has 0 bridgehead atoms. The fourth-order valence-corrected chi connectivity index (χ4v) is 42.2. The van der Waals surface area contributed by atoms with Crippen LogP contribution in [0.4, 0.5) is 0 Å². The van der Waals surface area contributed by atoms with Crippen molar-refractivity contribution in [3.05, 3.63) is 0 Å². The highest BCUT2D eigenvalue weighted by Crippen LogP contribution is 2.31. The fraction of sp³-hybridized carbons (Fsp3) is 1.00. The predicted molar refractivity (Wildman–Crippen MR) is 468 cm³/mol. The molecular weight excluding hydrogens is 1420 g/mol. The number of nitrogens with one attached hydrogen (secondary N) is 6. The molecule has 0 aliphatic carbocycles. The van der Waals surface area contributed by atoms with Crippen molar-refractivity contribution in [2.75, 3.05) is 175 Å². The van der Waals surface area contributed by atoms with Crippen molar-refractivity contribution in [2.45, 2.75) is 259 Å². The molecule has 6 N–H and O–H groups in total. The number of rotatable bonds is 65. The van der Waals surface area contributed by atoms with Gasteiger partial charge in [-0.3, -0.25) is 0 Å². The molecule has 0 fully saturated rings. The van der Waals surface area contributed by atoms with Crippen molar-refractivity contribution in [3.63, 3.8) is 0 Å². The van der Waals surface area contributed by atoms with E-state index in [0.29, 0.717) is 86.3 Å². The lowest BCUT2D eigenvalue weighted by atomic mass is 10.2. The molecule has 614 valence electrons. The molecule has 0 heterocycles. The quantitative estimate of drug-likeness (QED) is 0.0318. The van der Waals surface area contributed by atoms with Crippen LogP contribution >= 0.6 is 0 Å². The summed E-state index contributed by atoms with van der Waals surface area (Å²) < 4.78 is 64.8. The number of hydrogen-bond donors (Lipinski definition) is 6. The summed E-state index contributed by atoms with van der Waals surface area (Å²) in [7, 11) is 0.716. The van der Waals surface area contributed by atoms with E-state index >= 15 is 0 Å². The van der Waals surface area contributed by atoms with Crippen molar-refractivity contribution in [1.29, 1.82) is 0 Å². The largest absolute Gasteiger partial charge is 0.415 e. The van der Waals surface area contributed by atoms with E-state index in [2.05, 4.69) is 290 Å². The molecule has 12 atom stereocenters. The molecule has 27 heteroatoms. The monoisotopic (exact) mass is 1600 g/mol. The molecule has 0 spiro atoms. The molecule has 18 nitrogen and oxygen atoms in total. The van der Waals surface area contributed by atoms with Gasteiger partial charge in [0.25, 0.3) is 0 Å². The first-order valence-corrected chi connectivity index (χ1v) is 68.6. The zero-order valence-corrected chi connectivity index (χ0v) is 83.4. The van der Waals surface area contributed by atoms with Crippen LogP contribution in [0.1, 0.15) is 62.3 Å². The zero-order chi connectivity index (χ0) is 78.7. The van der Waals surface area contributed by atoms with Crippen molar-refractivity contribution < 1.29 is 39.8 Å². The lowest BCUT2D eigenvalue weighted by Gasteiger charge is -2.38. The van der Waals surface area contributed by atoms with Crippen molar-refractivity contribution in [1.82, 2.24) is 46.6 Å². The molecule has 0 aliphatic rings. The van der Waals surface area contributed by atoms with Gasteiger partial charge in [-0.15, -0.1) is 0 Å². The summed E-state index contributed by atoms with van der Waals surface area (Å²) in [5, 5.41) is 20.4. The first-order chi connectivity index (χ1) is 46.7. The highest BCUT2D eigenvalue weighted by molar-refractivity contribution is 6.74. The Kier molecular flexibility index (Phi) is 51.0. The summed E-state index contributed by atoms with van der Waals surface area (Å²) in [6.07, 6.45) is -0.0929. The second-order valence-corrected chi connectivity index (χ2v) is 76.9. The predicted octanol–water partition coefficient (Wildman–Crippen LogP) is 14.3. The van der Waals surface area contributed by atoms with E-state index in [0.717, 1.165) is 133 Å². The van der Waals surface area contributed by atoms with Crippen molar-refractivity contribution >= 4 is 74.9 Å². The minimum Gasteiger partial charge on any atom is -0.415 e. The summed E-state index contributed by atoms with van der Waals surface area (Å²) >= 11 is 0. The van der Waals surface area contributed by atoms with Gasteiger partial charge in [-0.2, -0.15) is 0 Å². The maximum absolute atomic E-state index is 7.55. The Labute approximate surface area is 644 Å². The molecule has 0 amide bonds. The topological polar surface area (TPSA) is 165 Å². The van der Waals surface area contributed by atoms with E-state index in [4.69, 9.17) is 39.8 Å². The summed E-state index contributed by atoms with van der Waals surface area (Å²) in [6, 6.07) is 9.87. The molecule has 0 aromatic heterocycles. The second-order valence-electron chi connectivity index (χ2n) is 39.1. The van der Waals surface area contributed by atoms with Crippen LogP contribution in [0.15, 0.2) is 0 Å². The smallest absolute Gasteiger partial charge is 0.187 e. The molecule has 0 saturated carbocycles. The molecule has 0 saturated heterocycles. The molecule has 0 aromatic carbocycles. The van der Waals surface area contributed by atoms with Crippen molar-refractivity contribution in [3.8, 4) is 0 Å². The normalized spacial score (nSPS) is 17.8. The Morgan fingerprint density at radius 3 is 0.549 bits per heavy atom. The first kappa shape index (κ1) is 103. The molecule has 0 aliphatic heterocycles. The molecule has 12 unspecified atom stereocenters. The van der Waals surface area contributed by atoms with Crippen molar-refractivity contribution in [2.24, 2.45) is 53.3 Å². The van der Waals surface area contributed by atoms with E-state index < -0.39 is 74.9 Å². The van der Waals surface area contributed by atoms with Gasteiger partial charge in [0.05, 0.1) is 57.5 Å². The van der Waals surface area contributed by atoms with Crippen LogP contribution in [0.25, 0.3) is 0 Å². The minimum atomic E-state index is -2.29. The van der Waals surface area contributed by atoms with Crippen LogP contribution in [0.2, 0.25) is 172 Å². The van der Waals surface area contributed by atoms with Gasteiger partial charge in [-0.05, 0) is 328 Å². The summed E-state index contributed by atoms with van der Waals surface area (Å²) in [6.45, 7) is 79.2. The van der Waals surface area contributed by atoms with Crippen LogP contribution in [-0.4, -0.2) is 289 Å². The third-order valence-electron chi connectivity index (χ3n) is 19.5. The molecule has 0 aromatic rings. The first-order valence-electron chi connectivity index (χ1n) is 40.6. The third-order valence-corrected chi connectivity index (χ3v) is 43.3. The Hall–Kier alpha value is 1.23. The van der Waals surface area contributed by atoms with Crippen LogP contribution in [-0.2, 0) is 39.8 Å². The van der Waals surface area contributed by atoms with E-state index in [1.807, 2.05) is 0 Å². The second kappa shape index (κ2) is 50.4. The molecule has 0 rings (SSSR count). The molecule has 0 radical (unpaired) electrons. The van der Waals surface area contributed by atoms with Gasteiger partial charge < -0.3 is 86.4 Å². The lowest BCUT2D eigenvalue weighted by molar-refractivity contribution is 0.0641. The van der Waals surface area contributed by atoms with Gasteiger partial charge in [-0.1, -0.05) is 62.3 Å². The van der Waals surface area contributed by atoms with E-state index in [-0.39, 0.29) is 24.4 Å². The average molecular weight is 1600 g/mol. The maximum Gasteiger partial charge on any atom is 0.187 e. The van der Waals surface area contributed by atoms with Gasteiger partial charge in [-0.25, -0.2) is 0 Å². The highest BCUT2D eigenvalue weighted by atomic mass is 28.4. The summed E-state index contributed by atoms with van der Waals surface area (Å²) in [5.41, 5.74) is 0. The molecular formula is C75H179N9O9Si9. The van der Waals surface area contributed by atoms with Gasteiger partial charge in [0.15, 0.2) is 74.9 Å². The zero-order valence-electron chi connectivity index (χ0n) is 74.4. The summed E-state index contributed by atoms with van der Waals surface area (Å²) in [5.74, 6) is 4.69. The number of hydrogen-bond acceptors (Lipinski definition) is 18. The lowest BCUT2D eigenvalue weighted by Crippen LogP contribution is -2.48. The minimum absolute atomic E-state index is 0.0180. The Bertz CT molecular complexity index is 2040. The van der Waals surface area contributed by atoms with E-state index in [9.17, 15) is 0 Å². The van der Waals surface area contributed by atoms with Crippen LogP contribution in [0.3, 0.4) is 0 Å². The SMILES string of the molecule is CNCC(C)C[Si](C)(C)OCC(CN(C)CC(C)C[Si](C)(C)OCC(CO[Si](C)(C)CC(C)CN(C)CC(CO[Si](C)(C)CC(C)CNC)O[Si](C)(C)CC(C)CNC)O[Si](C)(C)CC(C)CN(C)CC(CO[Si](C)(C)CC(C)CNC)O[Si](C)(C)CC(C)CNC)O[Si](C)(C)CC(C)CNC. The Morgan fingerprint density at radius 1 is 0.216 bits per heavy atom. The fourth-order valence-electron chi connectivity index (χ4n) is 17.5. The van der Waals surface area contributed by atoms with Crippen LogP contribution < -0.4 is 31.9 Å². The average Bonchev–Trinajstić information content (AvgIpc) is 0.866. The van der Waals surface area contributed by atoms with E-state index in [1.165, 1.54) is 0 Å². The van der Waals surface area contributed by atoms with Gasteiger partial charge in [0.1, 0.15) is 0 Å². The Morgan fingerprint density at radius 2 is 0.363 bits per heavy atom. The maximum atomic E-state index is 7.55. The Balaban J connectivity index is 6.96. The van der Waals surface area contributed by atoms with E-state index in [1.54, 1.807) is 0 Å². The van der Waals surface area contributed by atoms with Gasteiger partial charge in [0.2, 0.25) is 0 Å². The van der Waals surface area contributed by atoms with Crippen LogP contribution in [0.5, 0.6) is 0 Å². The summed E-state index contributed by atoms with van der Waals surface area (Å²) in [4.78, 5) is 7.55.